The van der Waals surface area contributed by atoms with Gasteiger partial charge < -0.3 is 19.6 Å². The lowest BCUT2D eigenvalue weighted by Gasteiger charge is -2.47. The lowest BCUT2D eigenvalue weighted by atomic mass is 9.78. The zero-order valence-electron chi connectivity index (χ0n) is 21.8. The standard InChI is InChI=1S/C31H42N2O3/c1-33(23-25-11-12-25,22-19-24-13-15-29(34)16-14-24)28-17-20-32(21-18-28)30(35)31(36,27-9-5-6-10-27)26-7-3-2-4-8-26/h2-4,7-8,13-16,25,27-28,36H,5-6,9-12,17-23H2,1H3/p+1. The summed E-state index contributed by atoms with van der Waals surface area (Å²) in [6.45, 7) is 3.74. The Labute approximate surface area is 216 Å². The smallest absolute Gasteiger partial charge is 0.259 e. The first kappa shape index (κ1) is 25.3. The van der Waals surface area contributed by atoms with Crippen molar-refractivity contribution >= 4 is 5.91 Å². The van der Waals surface area contributed by atoms with Gasteiger partial charge >= 0.3 is 0 Å². The summed E-state index contributed by atoms with van der Waals surface area (Å²) in [4.78, 5) is 15.9. The normalized spacial score (nSPS) is 22.8. The van der Waals surface area contributed by atoms with Gasteiger partial charge in [0.25, 0.3) is 5.91 Å². The van der Waals surface area contributed by atoms with E-state index in [4.69, 9.17) is 0 Å². The number of rotatable bonds is 9. The molecule has 5 nitrogen and oxygen atoms in total. The third kappa shape index (κ3) is 5.33. The molecule has 36 heavy (non-hydrogen) atoms. The van der Waals surface area contributed by atoms with E-state index < -0.39 is 5.60 Å². The fourth-order valence-electron chi connectivity index (χ4n) is 6.86. The second kappa shape index (κ2) is 10.5. The summed E-state index contributed by atoms with van der Waals surface area (Å²) in [6, 6.07) is 17.8. The second-order valence-electron chi connectivity index (χ2n) is 11.9. The maximum Gasteiger partial charge on any atom is 0.259 e. The van der Waals surface area contributed by atoms with Crippen LogP contribution in [0.25, 0.3) is 0 Å². The van der Waals surface area contributed by atoms with E-state index in [1.54, 1.807) is 12.1 Å². The number of quaternary nitrogens is 1. The molecular weight excluding hydrogens is 448 g/mol. The highest BCUT2D eigenvalue weighted by molar-refractivity contribution is 5.87. The predicted octanol–water partition coefficient (Wildman–Crippen LogP) is 4.86. The number of likely N-dealkylation sites (tertiary alicyclic amines) is 1. The highest BCUT2D eigenvalue weighted by atomic mass is 16.3. The molecule has 194 valence electrons. The maximum atomic E-state index is 13.9. The zero-order valence-corrected chi connectivity index (χ0v) is 21.8. The second-order valence-corrected chi connectivity index (χ2v) is 11.9. The van der Waals surface area contributed by atoms with Crippen LogP contribution in [0.5, 0.6) is 5.75 Å². The lowest BCUT2D eigenvalue weighted by Crippen LogP contribution is -2.60. The Morgan fingerprint density at radius 1 is 0.944 bits per heavy atom. The van der Waals surface area contributed by atoms with E-state index in [1.807, 2.05) is 47.4 Å². The number of phenolic OH excluding ortho intramolecular Hbond substituents is 1. The van der Waals surface area contributed by atoms with Crippen LogP contribution in [0.4, 0.5) is 0 Å². The molecule has 0 aromatic heterocycles. The number of likely N-dealkylation sites (N-methyl/N-ethyl adjacent to an activating group) is 1. The largest absolute Gasteiger partial charge is 0.508 e. The molecule has 2 atom stereocenters. The fraction of sp³-hybridized carbons (Fsp3) is 0.581. The number of nitrogens with zero attached hydrogens (tertiary/aromatic N) is 2. The van der Waals surface area contributed by atoms with E-state index in [0.29, 0.717) is 11.8 Å². The summed E-state index contributed by atoms with van der Waals surface area (Å²) in [6.07, 6.45) is 9.67. The predicted molar refractivity (Wildman–Crippen MR) is 142 cm³/mol. The molecule has 1 aliphatic heterocycles. The van der Waals surface area contributed by atoms with Gasteiger partial charge in [0.05, 0.1) is 26.2 Å². The van der Waals surface area contributed by atoms with Crippen LogP contribution in [0.1, 0.15) is 62.5 Å². The highest BCUT2D eigenvalue weighted by Gasteiger charge is 2.49. The monoisotopic (exact) mass is 491 g/mol. The average Bonchev–Trinajstić information content (AvgIpc) is 3.54. The Balaban J connectivity index is 1.27. The molecule has 2 aromatic rings. The number of carbonyl (C=O) groups excluding carboxylic acids is 1. The highest BCUT2D eigenvalue weighted by Crippen LogP contribution is 2.42. The van der Waals surface area contributed by atoms with Crippen molar-refractivity contribution in [2.24, 2.45) is 11.8 Å². The first-order chi connectivity index (χ1) is 17.4. The summed E-state index contributed by atoms with van der Waals surface area (Å²) in [5.41, 5.74) is 0.618. The van der Waals surface area contributed by atoms with Gasteiger partial charge in [0.2, 0.25) is 0 Å². The van der Waals surface area contributed by atoms with Crippen molar-refractivity contribution in [3.8, 4) is 5.75 Å². The van der Waals surface area contributed by atoms with Gasteiger partial charge in [-0.15, -0.1) is 0 Å². The minimum atomic E-state index is -1.41. The molecule has 0 bridgehead atoms. The van der Waals surface area contributed by atoms with Crippen LogP contribution >= 0.6 is 0 Å². The fourth-order valence-corrected chi connectivity index (χ4v) is 6.86. The van der Waals surface area contributed by atoms with Crippen molar-refractivity contribution in [1.82, 2.24) is 4.90 Å². The first-order valence-corrected chi connectivity index (χ1v) is 14.1. The molecule has 0 spiro atoms. The van der Waals surface area contributed by atoms with Crippen molar-refractivity contribution in [3.63, 3.8) is 0 Å². The van der Waals surface area contributed by atoms with E-state index >= 15 is 0 Å². The molecule has 2 saturated carbocycles. The van der Waals surface area contributed by atoms with Gasteiger partial charge in [-0.2, -0.15) is 0 Å². The maximum absolute atomic E-state index is 13.9. The van der Waals surface area contributed by atoms with Gasteiger partial charge in [0, 0.05) is 44.2 Å². The molecule has 5 heteroatoms. The first-order valence-electron chi connectivity index (χ1n) is 14.1. The number of aliphatic hydroxyl groups is 1. The van der Waals surface area contributed by atoms with Crippen LogP contribution in [-0.2, 0) is 16.8 Å². The summed E-state index contributed by atoms with van der Waals surface area (Å²) in [5.74, 6) is 1.07. The summed E-state index contributed by atoms with van der Waals surface area (Å²) >= 11 is 0. The third-order valence-electron chi connectivity index (χ3n) is 9.34. The van der Waals surface area contributed by atoms with Crippen molar-refractivity contribution in [1.29, 1.82) is 0 Å². The summed E-state index contributed by atoms with van der Waals surface area (Å²) in [5, 5.41) is 21.6. The number of amides is 1. The number of phenols is 1. The molecule has 2 aliphatic carbocycles. The van der Waals surface area contributed by atoms with E-state index in [0.717, 1.165) is 80.5 Å². The van der Waals surface area contributed by atoms with Gasteiger partial charge in [0.1, 0.15) is 5.75 Å². The number of aromatic hydroxyl groups is 1. The minimum Gasteiger partial charge on any atom is -0.508 e. The van der Waals surface area contributed by atoms with E-state index in [2.05, 4.69) is 7.05 Å². The van der Waals surface area contributed by atoms with Crippen molar-refractivity contribution in [2.75, 3.05) is 33.2 Å². The van der Waals surface area contributed by atoms with E-state index in [9.17, 15) is 15.0 Å². The Bertz CT molecular complexity index is 1010. The van der Waals surface area contributed by atoms with Crippen LogP contribution < -0.4 is 0 Å². The molecular formula is C31H43N2O3+. The SMILES string of the molecule is C[N+](CCc1ccc(O)cc1)(CC1CC1)C1CCN(C(=O)C(O)(c2ccccc2)C2CCCC2)CC1. The van der Waals surface area contributed by atoms with Crippen molar-refractivity contribution in [2.45, 2.75) is 69.4 Å². The quantitative estimate of drug-likeness (QED) is 0.493. The molecule has 5 rings (SSSR count). The Morgan fingerprint density at radius 2 is 1.58 bits per heavy atom. The van der Waals surface area contributed by atoms with Crippen LogP contribution in [0.15, 0.2) is 54.6 Å². The number of piperidine rings is 1. The van der Waals surface area contributed by atoms with Gasteiger partial charge in [-0.05, 0) is 48.9 Å². The number of hydrogen-bond donors (Lipinski definition) is 2. The molecule has 1 saturated heterocycles. The summed E-state index contributed by atoms with van der Waals surface area (Å²) < 4.78 is 1.05. The molecule has 0 radical (unpaired) electrons. The molecule has 2 N–H and O–H groups in total. The molecule has 3 aliphatic rings. The van der Waals surface area contributed by atoms with Gasteiger partial charge in [-0.3, -0.25) is 4.79 Å². The Morgan fingerprint density at radius 3 is 2.19 bits per heavy atom. The summed E-state index contributed by atoms with van der Waals surface area (Å²) in [7, 11) is 2.42. The molecule has 2 unspecified atom stereocenters. The molecule has 2 aromatic carbocycles. The van der Waals surface area contributed by atoms with E-state index in [1.165, 1.54) is 24.9 Å². The molecule has 3 fully saturated rings. The lowest BCUT2D eigenvalue weighted by molar-refractivity contribution is -0.936. The van der Waals surface area contributed by atoms with Gasteiger partial charge in [0.15, 0.2) is 5.60 Å². The number of carbonyl (C=O) groups is 1. The topological polar surface area (TPSA) is 60.8 Å². The number of benzene rings is 2. The van der Waals surface area contributed by atoms with Crippen molar-refractivity contribution < 1.29 is 19.5 Å². The number of hydrogen-bond acceptors (Lipinski definition) is 3. The third-order valence-corrected chi connectivity index (χ3v) is 9.34. The van der Waals surface area contributed by atoms with Crippen LogP contribution in [0, 0.1) is 11.8 Å². The van der Waals surface area contributed by atoms with Gasteiger partial charge in [-0.1, -0.05) is 55.3 Å². The molecule has 1 heterocycles. The Kier molecular flexibility index (Phi) is 7.41. The molecule has 1 amide bonds. The Hall–Kier alpha value is -2.37. The van der Waals surface area contributed by atoms with Crippen molar-refractivity contribution in [3.05, 3.63) is 65.7 Å². The van der Waals surface area contributed by atoms with E-state index in [-0.39, 0.29) is 11.8 Å². The van der Waals surface area contributed by atoms with Crippen LogP contribution in [-0.4, -0.2) is 64.8 Å². The minimum absolute atomic E-state index is 0.00588. The zero-order chi connectivity index (χ0) is 25.2. The van der Waals surface area contributed by atoms with Crippen LogP contribution in [0.2, 0.25) is 0 Å². The van der Waals surface area contributed by atoms with Gasteiger partial charge in [-0.25, -0.2) is 0 Å². The van der Waals surface area contributed by atoms with Crippen LogP contribution in [0.3, 0.4) is 0 Å². The average molecular weight is 492 g/mol.